The highest BCUT2D eigenvalue weighted by atomic mass is 16.5. The van der Waals surface area contributed by atoms with Crippen molar-refractivity contribution in [3.8, 4) is 5.75 Å². The first-order chi connectivity index (χ1) is 6.63. The van der Waals surface area contributed by atoms with Gasteiger partial charge in [0.25, 0.3) is 0 Å². The highest BCUT2D eigenvalue weighted by Gasteiger charge is 2.04. The monoisotopic (exact) mass is 195 g/mol. The Balaban J connectivity index is 2.68. The maximum Gasteiger partial charge on any atom is 0.131 e. The van der Waals surface area contributed by atoms with Gasteiger partial charge >= 0.3 is 0 Å². The molecule has 0 saturated heterocycles. The highest BCUT2D eigenvalue weighted by molar-refractivity contribution is 5.28. The Hall–Kier alpha value is -1.06. The summed E-state index contributed by atoms with van der Waals surface area (Å²) in [6, 6.07) is 7.61. The van der Waals surface area contributed by atoms with Gasteiger partial charge in [-0.25, -0.2) is 0 Å². The zero-order valence-electron chi connectivity index (χ0n) is 8.86. The third-order valence-corrected chi connectivity index (χ3v) is 1.83. The Labute approximate surface area is 84.8 Å². The predicted octanol–water partition coefficient (Wildman–Crippen LogP) is 2.08. The first-order valence-corrected chi connectivity index (χ1v) is 4.68. The predicted molar refractivity (Wildman–Crippen MR) is 56.1 cm³/mol. The van der Waals surface area contributed by atoms with Crippen LogP contribution in [0.15, 0.2) is 24.3 Å². The van der Waals surface area contributed by atoms with Gasteiger partial charge in [-0.05, 0) is 31.5 Å². The van der Waals surface area contributed by atoms with E-state index in [1.807, 2.05) is 38.1 Å². The maximum absolute atomic E-state index is 5.68. The zero-order valence-corrected chi connectivity index (χ0v) is 8.86. The van der Waals surface area contributed by atoms with E-state index in [1.165, 1.54) is 0 Å². The minimum Gasteiger partial charge on any atom is -0.491 e. The number of rotatable bonds is 4. The molecule has 0 amide bonds. The van der Waals surface area contributed by atoms with E-state index < -0.39 is 0 Å². The van der Waals surface area contributed by atoms with Gasteiger partial charge in [0.05, 0.1) is 6.10 Å². The molecule has 1 unspecified atom stereocenters. The van der Waals surface area contributed by atoms with Crippen LogP contribution >= 0.6 is 0 Å². The van der Waals surface area contributed by atoms with Crippen LogP contribution in [-0.4, -0.2) is 13.2 Å². The van der Waals surface area contributed by atoms with Crippen molar-refractivity contribution < 1.29 is 9.47 Å². The summed E-state index contributed by atoms with van der Waals surface area (Å²) in [7, 11) is 1.59. The summed E-state index contributed by atoms with van der Waals surface area (Å²) < 4.78 is 10.5. The normalized spacial score (nSPS) is 12.9. The summed E-state index contributed by atoms with van der Waals surface area (Å²) in [4.78, 5) is 0. The minimum absolute atomic E-state index is 0.192. The Morgan fingerprint density at radius 2 is 1.71 bits per heavy atom. The zero-order chi connectivity index (χ0) is 10.6. The number of ether oxygens (including phenoxy) is 2. The number of nitrogens with two attached hydrogens (primary N) is 1. The molecule has 1 rings (SSSR count). The van der Waals surface area contributed by atoms with Crippen LogP contribution in [0.3, 0.4) is 0 Å². The van der Waals surface area contributed by atoms with Crippen molar-refractivity contribution in [2.75, 3.05) is 7.11 Å². The first kappa shape index (κ1) is 11.0. The lowest BCUT2D eigenvalue weighted by Crippen LogP contribution is -2.12. The largest absolute Gasteiger partial charge is 0.491 e. The number of hydrogen-bond acceptors (Lipinski definition) is 3. The van der Waals surface area contributed by atoms with Crippen molar-refractivity contribution in [3.63, 3.8) is 0 Å². The molecular formula is C11H17NO2. The van der Waals surface area contributed by atoms with Gasteiger partial charge in [0.15, 0.2) is 0 Å². The SMILES string of the molecule is COC(N)c1ccc(OC(C)C)cc1. The average Bonchev–Trinajstić information content (AvgIpc) is 2.17. The van der Waals surface area contributed by atoms with Gasteiger partial charge in [-0.15, -0.1) is 0 Å². The molecule has 1 aromatic rings. The van der Waals surface area contributed by atoms with E-state index in [-0.39, 0.29) is 12.3 Å². The molecule has 1 atom stereocenters. The van der Waals surface area contributed by atoms with E-state index in [2.05, 4.69) is 0 Å². The summed E-state index contributed by atoms with van der Waals surface area (Å²) in [6.07, 6.45) is -0.167. The van der Waals surface area contributed by atoms with Gasteiger partial charge in [-0.1, -0.05) is 12.1 Å². The van der Waals surface area contributed by atoms with Crippen molar-refractivity contribution in [1.82, 2.24) is 0 Å². The molecule has 0 saturated carbocycles. The molecule has 3 heteroatoms. The lowest BCUT2D eigenvalue weighted by molar-refractivity contribution is 0.109. The van der Waals surface area contributed by atoms with Crippen LogP contribution in [0.5, 0.6) is 5.75 Å². The summed E-state index contributed by atoms with van der Waals surface area (Å²) >= 11 is 0. The smallest absolute Gasteiger partial charge is 0.131 e. The fourth-order valence-electron chi connectivity index (χ4n) is 1.14. The molecule has 2 N–H and O–H groups in total. The molecule has 0 bridgehead atoms. The molecule has 0 radical (unpaired) electrons. The summed E-state index contributed by atoms with van der Waals surface area (Å²) in [5.41, 5.74) is 6.63. The standard InChI is InChI=1S/C11H17NO2/c1-8(2)14-10-6-4-9(5-7-10)11(12)13-3/h4-8,11H,12H2,1-3H3. The second kappa shape index (κ2) is 4.98. The summed E-state index contributed by atoms with van der Waals surface area (Å²) in [5, 5.41) is 0. The Bertz CT molecular complexity index is 269. The molecule has 0 heterocycles. The van der Waals surface area contributed by atoms with E-state index in [4.69, 9.17) is 15.2 Å². The van der Waals surface area contributed by atoms with Crippen LogP contribution in [0.4, 0.5) is 0 Å². The van der Waals surface area contributed by atoms with Gasteiger partial charge in [0.1, 0.15) is 12.0 Å². The first-order valence-electron chi connectivity index (χ1n) is 4.68. The Morgan fingerprint density at radius 1 is 1.14 bits per heavy atom. The van der Waals surface area contributed by atoms with E-state index in [0.717, 1.165) is 11.3 Å². The molecule has 0 fully saturated rings. The molecule has 0 aromatic heterocycles. The van der Waals surface area contributed by atoms with Crippen molar-refractivity contribution in [3.05, 3.63) is 29.8 Å². The van der Waals surface area contributed by atoms with Crippen molar-refractivity contribution in [2.45, 2.75) is 26.2 Å². The molecule has 0 aliphatic heterocycles. The van der Waals surface area contributed by atoms with Crippen LogP contribution in [0.25, 0.3) is 0 Å². The number of methoxy groups -OCH3 is 1. The van der Waals surface area contributed by atoms with Crippen molar-refractivity contribution in [2.24, 2.45) is 5.73 Å². The van der Waals surface area contributed by atoms with E-state index in [9.17, 15) is 0 Å². The highest BCUT2D eigenvalue weighted by Crippen LogP contribution is 2.17. The van der Waals surface area contributed by atoms with Gasteiger partial charge in [0, 0.05) is 7.11 Å². The molecule has 1 aromatic carbocycles. The fraction of sp³-hybridized carbons (Fsp3) is 0.455. The van der Waals surface area contributed by atoms with E-state index in [1.54, 1.807) is 7.11 Å². The molecule has 0 aliphatic carbocycles. The molecule has 3 nitrogen and oxygen atoms in total. The molecule has 0 aliphatic rings. The van der Waals surface area contributed by atoms with E-state index >= 15 is 0 Å². The number of hydrogen-bond donors (Lipinski definition) is 1. The van der Waals surface area contributed by atoms with Gasteiger partial charge in [0.2, 0.25) is 0 Å². The Kier molecular flexibility index (Phi) is 3.92. The van der Waals surface area contributed by atoms with Crippen LogP contribution in [-0.2, 0) is 4.74 Å². The van der Waals surface area contributed by atoms with Crippen LogP contribution in [0.1, 0.15) is 25.6 Å². The third kappa shape index (κ3) is 3.01. The maximum atomic E-state index is 5.68. The van der Waals surface area contributed by atoms with Crippen molar-refractivity contribution >= 4 is 0 Å². The third-order valence-electron chi connectivity index (χ3n) is 1.83. The Morgan fingerprint density at radius 3 is 2.14 bits per heavy atom. The summed E-state index contributed by atoms with van der Waals surface area (Å²) in [6.45, 7) is 3.99. The molecule has 0 spiro atoms. The quantitative estimate of drug-likeness (QED) is 0.748. The van der Waals surface area contributed by atoms with Gasteiger partial charge in [-0.2, -0.15) is 0 Å². The fourth-order valence-corrected chi connectivity index (χ4v) is 1.14. The lowest BCUT2D eigenvalue weighted by Gasteiger charge is -2.12. The lowest BCUT2D eigenvalue weighted by atomic mass is 10.2. The second-order valence-electron chi connectivity index (χ2n) is 3.39. The summed E-state index contributed by atoms with van der Waals surface area (Å²) in [5.74, 6) is 0.854. The molecule has 14 heavy (non-hydrogen) atoms. The van der Waals surface area contributed by atoms with Crippen LogP contribution < -0.4 is 10.5 Å². The van der Waals surface area contributed by atoms with Gasteiger partial charge in [-0.3, -0.25) is 0 Å². The van der Waals surface area contributed by atoms with Crippen molar-refractivity contribution in [1.29, 1.82) is 0 Å². The van der Waals surface area contributed by atoms with Crippen LogP contribution in [0, 0.1) is 0 Å². The molecular weight excluding hydrogens is 178 g/mol. The van der Waals surface area contributed by atoms with Crippen LogP contribution in [0.2, 0.25) is 0 Å². The second-order valence-corrected chi connectivity index (χ2v) is 3.39. The van der Waals surface area contributed by atoms with E-state index in [0.29, 0.717) is 0 Å². The number of benzene rings is 1. The molecule has 78 valence electrons. The topological polar surface area (TPSA) is 44.5 Å². The average molecular weight is 195 g/mol. The van der Waals surface area contributed by atoms with Gasteiger partial charge < -0.3 is 15.2 Å². The minimum atomic E-state index is -0.358.